The lowest BCUT2D eigenvalue weighted by atomic mass is 10.0. The number of hydrogen-bond acceptors (Lipinski definition) is 4. The molecule has 1 atom stereocenters. The Hall–Kier alpha value is -2.62. The van der Waals surface area contributed by atoms with Gasteiger partial charge in [0, 0.05) is 13.3 Å². The van der Waals surface area contributed by atoms with Crippen molar-refractivity contribution in [2.75, 3.05) is 6.61 Å². The van der Waals surface area contributed by atoms with Gasteiger partial charge in [0.25, 0.3) is 0 Å². The van der Waals surface area contributed by atoms with Crippen molar-refractivity contribution in [3.63, 3.8) is 0 Å². The van der Waals surface area contributed by atoms with E-state index in [4.69, 9.17) is 9.47 Å². The number of carbonyl (C=O) groups is 2. The normalized spacial score (nSPS) is 11.6. The van der Waals surface area contributed by atoms with E-state index in [0.29, 0.717) is 12.0 Å². The fourth-order valence-electron chi connectivity index (χ4n) is 2.53. The average Bonchev–Trinajstić information content (AvgIpc) is 2.54. The van der Waals surface area contributed by atoms with E-state index in [-0.39, 0.29) is 18.5 Å². The van der Waals surface area contributed by atoms with E-state index in [1.165, 1.54) is 6.92 Å². The molecule has 0 fully saturated rings. The van der Waals surface area contributed by atoms with Crippen molar-refractivity contribution in [1.82, 2.24) is 0 Å². The molecule has 0 radical (unpaired) electrons. The van der Waals surface area contributed by atoms with E-state index in [0.717, 1.165) is 16.7 Å². The monoisotopic (exact) mass is 326 g/mol. The fraction of sp³-hybridized carbons (Fsp3) is 0.300. The lowest BCUT2D eigenvalue weighted by Gasteiger charge is -2.20. The smallest absolute Gasteiger partial charge is 0.339 e. The van der Waals surface area contributed by atoms with Gasteiger partial charge in [0.2, 0.25) is 0 Å². The molecule has 4 nitrogen and oxygen atoms in total. The summed E-state index contributed by atoms with van der Waals surface area (Å²) in [5.74, 6) is -0.715. The minimum Gasteiger partial charge on any atom is -0.466 e. The van der Waals surface area contributed by atoms with Crippen LogP contribution < -0.4 is 0 Å². The molecule has 0 bridgehead atoms. The van der Waals surface area contributed by atoms with Crippen molar-refractivity contribution in [2.24, 2.45) is 0 Å². The van der Waals surface area contributed by atoms with E-state index in [2.05, 4.69) is 0 Å². The van der Waals surface area contributed by atoms with Crippen LogP contribution in [0.1, 0.15) is 46.5 Å². The average molecular weight is 326 g/mol. The van der Waals surface area contributed by atoms with Gasteiger partial charge >= 0.3 is 11.9 Å². The van der Waals surface area contributed by atoms with Gasteiger partial charge in [-0.1, -0.05) is 42.5 Å². The lowest BCUT2D eigenvalue weighted by molar-refractivity contribution is -0.141. The summed E-state index contributed by atoms with van der Waals surface area (Å²) in [7, 11) is 0. The standard InChI is InChI=1S/C20H22O4/c1-14-8-4-6-10-17(14)19(12-13-23-16(3)21)24-20(22)18-11-7-5-9-15(18)2/h4-11,19H,12-13H2,1-3H3. The topological polar surface area (TPSA) is 52.6 Å². The van der Waals surface area contributed by atoms with Crippen LogP contribution >= 0.6 is 0 Å². The number of ether oxygens (including phenoxy) is 2. The molecule has 0 amide bonds. The maximum absolute atomic E-state index is 12.5. The Labute approximate surface area is 142 Å². The van der Waals surface area contributed by atoms with Gasteiger partial charge in [0.1, 0.15) is 6.10 Å². The minimum atomic E-state index is -0.461. The number of hydrogen-bond donors (Lipinski definition) is 0. The highest BCUT2D eigenvalue weighted by Gasteiger charge is 2.20. The number of esters is 2. The highest BCUT2D eigenvalue weighted by Crippen LogP contribution is 2.26. The van der Waals surface area contributed by atoms with Crippen molar-refractivity contribution < 1.29 is 19.1 Å². The van der Waals surface area contributed by atoms with Gasteiger partial charge in [-0.2, -0.15) is 0 Å². The predicted octanol–water partition coefficient (Wildman–Crippen LogP) is 4.15. The molecule has 24 heavy (non-hydrogen) atoms. The lowest BCUT2D eigenvalue weighted by Crippen LogP contribution is -2.16. The van der Waals surface area contributed by atoms with E-state index < -0.39 is 6.10 Å². The molecule has 0 aliphatic heterocycles. The highest BCUT2D eigenvalue weighted by molar-refractivity contribution is 5.91. The van der Waals surface area contributed by atoms with Crippen LogP contribution in [-0.4, -0.2) is 18.5 Å². The number of benzene rings is 2. The molecule has 0 aliphatic carbocycles. The van der Waals surface area contributed by atoms with Crippen LogP contribution in [0.25, 0.3) is 0 Å². The Morgan fingerprint density at radius 3 is 2.21 bits per heavy atom. The van der Waals surface area contributed by atoms with Gasteiger partial charge in [0.15, 0.2) is 0 Å². The molecule has 1 unspecified atom stereocenters. The zero-order chi connectivity index (χ0) is 17.5. The fourth-order valence-corrected chi connectivity index (χ4v) is 2.53. The molecule has 0 aliphatic rings. The first-order valence-corrected chi connectivity index (χ1v) is 7.94. The van der Waals surface area contributed by atoms with Gasteiger partial charge in [-0.25, -0.2) is 4.79 Å². The molecule has 0 heterocycles. The van der Waals surface area contributed by atoms with Crippen molar-refractivity contribution in [3.8, 4) is 0 Å². The number of rotatable bonds is 6. The molecule has 0 aromatic heterocycles. The summed E-state index contributed by atoms with van der Waals surface area (Å²) < 4.78 is 10.8. The Morgan fingerprint density at radius 2 is 1.58 bits per heavy atom. The second-order valence-corrected chi connectivity index (χ2v) is 5.69. The predicted molar refractivity (Wildman–Crippen MR) is 91.8 cm³/mol. The molecule has 4 heteroatoms. The van der Waals surface area contributed by atoms with E-state index in [1.54, 1.807) is 6.07 Å². The van der Waals surface area contributed by atoms with Crippen LogP contribution in [0.3, 0.4) is 0 Å². The molecule has 2 aromatic carbocycles. The van der Waals surface area contributed by atoms with Crippen molar-refractivity contribution in [3.05, 3.63) is 70.8 Å². The zero-order valence-corrected chi connectivity index (χ0v) is 14.2. The molecule has 2 aromatic rings. The van der Waals surface area contributed by atoms with Crippen LogP contribution in [0.5, 0.6) is 0 Å². The minimum absolute atomic E-state index is 0.204. The van der Waals surface area contributed by atoms with Gasteiger partial charge in [-0.3, -0.25) is 4.79 Å². The Kier molecular flexibility index (Phi) is 6.13. The van der Waals surface area contributed by atoms with Gasteiger partial charge in [0.05, 0.1) is 12.2 Å². The number of aryl methyl sites for hydroxylation is 2. The highest BCUT2D eigenvalue weighted by atomic mass is 16.6. The van der Waals surface area contributed by atoms with E-state index >= 15 is 0 Å². The van der Waals surface area contributed by atoms with E-state index in [9.17, 15) is 9.59 Å². The molecular formula is C20H22O4. The van der Waals surface area contributed by atoms with Crippen LogP contribution in [0.2, 0.25) is 0 Å². The maximum atomic E-state index is 12.5. The van der Waals surface area contributed by atoms with Gasteiger partial charge < -0.3 is 9.47 Å². The molecule has 0 saturated heterocycles. The van der Waals surface area contributed by atoms with E-state index in [1.807, 2.05) is 56.3 Å². The summed E-state index contributed by atoms with van der Waals surface area (Å²) in [5.41, 5.74) is 3.36. The zero-order valence-electron chi connectivity index (χ0n) is 14.2. The van der Waals surface area contributed by atoms with Crippen molar-refractivity contribution in [2.45, 2.75) is 33.3 Å². The summed E-state index contributed by atoms with van der Waals surface area (Å²) in [6, 6.07) is 15.1. The summed E-state index contributed by atoms with van der Waals surface area (Å²) in [5, 5.41) is 0. The van der Waals surface area contributed by atoms with Crippen molar-refractivity contribution in [1.29, 1.82) is 0 Å². The van der Waals surface area contributed by atoms with Crippen molar-refractivity contribution >= 4 is 11.9 Å². The second-order valence-electron chi connectivity index (χ2n) is 5.69. The first kappa shape index (κ1) is 17.7. The SMILES string of the molecule is CC(=O)OCCC(OC(=O)c1ccccc1C)c1ccccc1C. The number of carbonyl (C=O) groups excluding carboxylic acids is 2. The third-order valence-electron chi connectivity index (χ3n) is 3.83. The second kappa shape index (κ2) is 8.29. The first-order chi connectivity index (χ1) is 11.5. The summed E-state index contributed by atoms with van der Waals surface area (Å²) in [6.07, 6.45) is -0.0418. The first-order valence-electron chi connectivity index (χ1n) is 7.94. The summed E-state index contributed by atoms with van der Waals surface area (Å²) in [4.78, 5) is 23.5. The largest absolute Gasteiger partial charge is 0.466 e. The third-order valence-corrected chi connectivity index (χ3v) is 3.83. The van der Waals surface area contributed by atoms with Crippen LogP contribution in [0.4, 0.5) is 0 Å². The molecule has 2 rings (SSSR count). The molecule has 0 spiro atoms. The third kappa shape index (κ3) is 4.69. The Balaban J connectivity index is 2.19. The maximum Gasteiger partial charge on any atom is 0.339 e. The summed E-state index contributed by atoms with van der Waals surface area (Å²) in [6.45, 7) is 5.41. The van der Waals surface area contributed by atoms with Gasteiger partial charge in [-0.15, -0.1) is 0 Å². The molecule has 0 N–H and O–H groups in total. The molecular weight excluding hydrogens is 304 g/mol. The van der Waals surface area contributed by atoms with Crippen LogP contribution in [0, 0.1) is 13.8 Å². The Bertz CT molecular complexity index is 721. The van der Waals surface area contributed by atoms with Crippen LogP contribution in [-0.2, 0) is 14.3 Å². The molecule has 126 valence electrons. The molecule has 0 saturated carbocycles. The quantitative estimate of drug-likeness (QED) is 0.748. The van der Waals surface area contributed by atoms with Crippen LogP contribution in [0.15, 0.2) is 48.5 Å². The Morgan fingerprint density at radius 1 is 0.958 bits per heavy atom. The summed E-state index contributed by atoms with van der Waals surface area (Å²) >= 11 is 0. The van der Waals surface area contributed by atoms with Gasteiger partial charge in [-0.05, 0) is 36.6 Å².